The summed E-state index contributed by atoms with van der Waals surface area (Å²) in [6, 6.07) is 17.5. The van der Waals surface area contributed by atoms with Crippen molar-refractivity contribution in [2.45, 2.75) is 11.4 Å². The fourth-order valence-electron chi connectivity index (χ4n) is 2.47. The van der Waals surface area contributed by atoms with Gasteiger partial charge >= 0.3 is 0 Å². The van der Waals surface area contributed by atoms with Gasteiger partial charge in [-0.3, -0.25) is 0 Å². The molecule has 6 nitrogen and oxygen atoms in total. The van der Waals surface area contributed by atoms with Crippen molar-refractivity contribution in [3.63, 3.8) is 0 Å². The van der Waals surface area contributed by atoms with E-state index < -0.39 is 10.0 Å². The summed E-state index contributed by atoms with van der Waals surface area (Å²) in [6.45, 7) is 0.196. The molecule has 0 radical (unpaired) electrons. The molecule has 2 heterocycles. The van der Waals surface area contributed by atoms with Crippen LogP contribution in [0.4, 0.5) is 0 Å². The van der Waals surface area contributed by atoms with E-state index in [2.05, 4.69) is 14.9 Å². The fourth-order valence-corrected chi connectivity index (χ4v) is 4.14. The van der Waals surface area contributed by atoms with Gasteiger partial charge in [-0.15, -0.1) is 10.2 Å². The molecule has 0 atom stereocenters. The molecule has 0 unspecified atom stereocenters. The van der Waals surface area contributed by atoms with E-state index >= 15 is 0 Å². The summed E-state index contributed by atoms with van der Waals surface area (Å²) in [5.41, 5.74) is 2.50. The first-order valence-corrected chi connectivity index (χ1v) is 10.5. The van der Waals surface area contributed by atoms with Crippen LogP contribution in [0, 0.1) is 0 Å². The predicted molar refractivity (Wildman–Crippen MR) is 104 cm³/mol. The maximum atomic E-state index is 12.3. The molecule has 2 aromatic heterocycles. The maximum Gasteiger partial charge on any atom is 0.249 e. The molecular formula is C19H15N3O3S2. The number of thiophene rings is 1. The number of aromatic nitrogens is 2. The standard InChI is InChI=1S/C19H15N3O3S2/c23-27(24,17-4-2-1-3-5-17)20-12-14-6-8-15(9-7-14)18-21-22-19(25-18)16-10-11-26-13-16/h1-11,13,20H,12H2. The highest BCUT2D eigenvalue weighted by Gasteiger charge is 2.13. The topological polar surface area (TPSA) is 85.1 Å². The second-order valence-corrected chi connectivity index (χ2v) is 8.31. The summed E-state index contributed by atoms with van der Waals surface area (Å²) in [4.78, 5) is 0.244. The molecule has 0 spiro atoms. The Morgan fingerprint density at radius 1 is 0.889 bits per heavy atom. The zero-order valence-electron chi connectivity index (χ0n) is 14.1. The van der Waals surface area contributed by atoms with E-state index in [0.29, 0.717) is 11.8 Å². The van der Waals surface area contributed by atoms with E-state index in [0.717, 1.165) is 16.7 Å². The number of hydrogen-bond acceptors (Lipinski definition) is 6. The summed E-state index contributed by atoms with van der Waals surface area (Å²) >= 11 is 1.56. The molecule has 0 saturated carbocycles. The number of sulfonamides is 1. The molecule has 0 fully saturated rings. The molecule has 1 N–H and O–H groups in total. The van der Waals surface area contributed by atoms with Crippen molar-refractivity contribution in [3.8, 4) is 22.9 Å². The van der Waals surface area contributed by atoms with Gasteiger partial charge in [0, 0.05) is 23.1 Å². The molecule has 136 valence electrons. The normalized spacial score (nSPS) is 11.6. The van der Waals surface area contributed by atoms with Crippen molar-refractivity contribution in [1.29, 1.82) is 0 Å². The van der Waals surface area contributed by atoms with Gasteiger partial charge in [-0.1, -0.05) is 30.3 Å². The largest absolute Gasteiger partial charge is 0.416 e. The minimum atomic E-state index is -3.53. The van der Waals surface area contributed by atoms with Gasteiger partial charge in [0.05, 0.1) is 4.90 Å². The zero-order chi connectivity index (χ0) is 18.7. The summed E-state index contributed by atoms with van der Waals surface area (Å²) in [6.07, 6.45) is 0. The Bertz CT molecular complexity index is 1120. The third-order valence-corrected chi connectivity index (χ3v) is 6.01. The lowest BCUT2D eigenvalue weighted by Crippen LogP contribution is -2.23. The molecular weight excluding hydrogens is 382 g/mol. The molecule has 4 rings (SSSR count). The minimum absolute atomic E-state index is 0.196. The molecule has 27 heavy (non-hydrogen) atoms. The Balaban J connectivity index is 1.45. The fraction of sp³-hybridized carbons (Fsp3) is 0.0526. The second kappa shape index (κ2) is 7.43. The number of nitrogens with zero attached hydrogens (tertiary/aromatic N) is 2. The van der Waals surface area contributed by atoms with Gasteiger partial charge in [-0.2, -0.15) is 11.3 Å². The maximum absolute atomic E-state index is 12.3. The van der Waals surface area contributed by atoms with Crippen molar-refractivity contribution in [1.82, 2.24) is 14.9 Å². The third kappa shape index (κ3) is 3.97. The van der Waals surface area contributed by atoms with Crippen LogP contribution in [0.2, 0.25) is 0 Å². The average molecular weight is 397 g/mol. The highest BCUT2D eigenvalue weighted by Crippen LogP contribution is 2.25. The molecule has 0 aliphatic heterocycles. The van der Waals surface area contributed by atoms with Crippen molar-refractivity contribution in [2.75, 3.05) is 0 Å². The van der Waals surface area contributed by atoms with Crippen LogP contribution in [0.3, 0.4) is 0 Å². The number of hydrogen-bond donors (Lipinski definition) is 1. The van der Waals surface area contributed by atoms with Crippen LogP contribution < -0.4 is 4.72 Å². The highest BCUT2D eigenvalue weighted by molar-refractivity contribution is 7.89. The Kier molecular flexibility index (Phi) is 4.85. The SMILES string of the molecule is O=S(=O)(NCc1ccc(-c2nnc(-c3ccsc3)o2)cc1)c1ccccc1. The van der Waals surface area contributed by atoms with Crippen LogP contribution >= 0.6 is 11.3 Å². The van der Waals surface area contributed by atoms with Crippen molar-refractivity contribution in [2.24, 2.45) is 0 Å². The average Bonchev–Trinajstić information content (AvgIpc) is 3.39. The molecule has 4 aromatic rings. The van der Waals surface area contributed by atoms with Crippen LogP contribution in [0.1, 0.15) is 5.56 Å². The first kappa shape index (κ1) is 17.6. The van der Waals surface area contributed by atoms with E-state index in [-0.39, 0.29) is 11.4 Å². The summed E-state index contributed by atoms with van der Waals surface area (Å²) in [7, 11) is -3.53. The summed E-state index contributed by atoms with van der Waals surface area (Å²) < 4.78 is 32.8. The van der Waals surface area contributed by atoms with Gasteiger partial charge in [0.25, 0.3) is 0 Å². The Hall–Kier alpha value is -2.81. The molecule has 0 saturated heterocycles. The summed E-state index contributed by atoms with van der Waals surface area (Å²) in [5, 5.41) is 12.0. The van der Waals surface area contributed by atoms with Crippen LogP contribution in [-0.4, -0.2) is 18.6 Å². The molecule has 0 aliphatic carbocycles. The number of benzene rings is 2. The minimum Gasteiger partial charge on any atom is -0.416 e. The monoisotopic (exact) mass is 397 g/mol. The van der Waals surface area contributed by atoms with E-state index in [1.54, 1.807) is 41.7 Å². The molecule has 8 heteroatoms. The van der Waals surface area contributed by atoms with Crippen LogP contribution in [0.5, 0.6) is 0 Å². The van der Waals surface area contributed by atoms with Crippen molar-refractivity contribution < 1.29 is 12.8 Å². The highest BCUT2D eigenvalue weighted by atomic mass is 32.2. The third-order valence-electron chi connectivity index (χ3n) is 3.91. The Labute approximate surface area is 160 Å². The first-order valence-electron chi connectivity index (χ1n) is 8.12. The van der Waals surface area contributed by atoms with Crippen LogP contribution in [-0.2, 0) is 16.6 Å². The summed E-state index contributed by atoms with van der Waals surface area (Å²) in [5.74, 6) is 0.901. The van der Waals surface area contributed by atoms with E-state index in [4.69, 9.17) is 4.42 Å². The van der Waals surface area contributed by atoms with Gasteiger partial charge < -0.3 is 4.42 Å². The van der Waals surface area contributed by atoms with Crippen molar-refractivity contribution in [3.05, 3.63) is 77.0 Å². The van der Waals surface area contributed by atoms with Gasteiger partial charge in [0.2, 0.25) is 21.8 Å². The van der Waals surface area contributed by atoms with E-state index in [1.807, 2.05) is 41.1 Å². The molecule has 0 bridgehead atoms. The smallest absolute Gasteiger partial charge is 0.249 e. The molecule has 2 aromatic carbocycles. The van der Waals surface area contributed by atoms with Crippen LogP contribution in [0.25, 0.3) is 22.9 Å². The van der Waals surface area contributed by atoms with E-state index in [9.17, 15) is 8.42 Å². The van der Waals surface area contributed by atoms with Crippen LogP contribution in [0.15, 0.2) is 80.7 Å². The number of nitrogens with one attached hydrogen (secondary N) is 1. The second-order valence-electron chi connectivity index (χ2n) is 5.76. The Morgan fingerprint density at radius 2 is 1.59 bits per heavy atom. The molecule has 0 aliphatic rings. The Morgan fingerprint density at radius 3 is 2.26 bits per heavy atom. The van der Waals surface area contributed by atoms with Gasteiger partial charge in [0.1, 0.15) is 0 Å². The number of rotatable bonds is 6. The van der Waals surface area contributed by atoms with Gasteiger partial charge in [-0.25, -0.2) is 13.1 Å². The quantitative estimate of drug-likeness (QED) is 0.533. The van der Waals surface area contributed by atoms with Crippen molar-refractivity contribution >= 4 is 21.4 Å². The lowest BCUT2D eigenvalue weighted by atomic mass is 10.1. The predicted octanol–water partition coefficient (Wildman–Crippen LogP) is 3.94. The lowest BCUT2D eigenvalue weighted by molar-refractivity contribution is 0.580. The lowest BCUT2D eigenvalue weighted by Gasteiger charge is -2.07. The zero-order valence-corrected chi connectivity index (χ0v) is 15.7. The molecule has 0 amide bonds. The van der Waals surface area contributed by atoms with Gasteiger partial charge in [0.15, 0.2) is 0 Å². The first-order chi connectivity index (χ1) is 13.1. The van der Waals surface area contributed by atoms with Gasteiger partial charge in [-0.05, 0) is 41.3 Å². The van der Waals surface area contributed by atoms with E-state index in [1.165, 1.54) is 0 Å².